The first-order valence-electron chi connectivity index (χ1n) is 11.9. The second-order valence-electron chi connectivity index (χ2n) is 8.72. The first kappa shape index (κ1) is 25.0. The summed E-state index contributed by atoms with van der Waals surface area (Å²) in [5.41, 5.74) is 1.42. The molecule has 0 spiro atoms. The number of methoxy groups -OCH3 is 1. The van der Waals surface area contributed by atoms with Crippen molar-refractivity contribution in [1.29, 1.82) is 0 Å². The topological polar surface area (TPSA) is 103 Å². The van der Waals surface area contributed by atoms with Crippen LogP contribution >= 0.6 is 0 Å². The Morgan fingerprint density at radius 2 is 1.83 bits per heavy atom. The highest BCUT2D eigenvalue weighted by Gasteiger charge is 2.49. The lowest BCUT2D eigenvalue weighted by atomic mass is 9.93. The number of carbonyl (C=O) groups is 3. The van der Waals surface area contributed by atoms with E-state index in [2.05, 4.69) is 10.4 Å². The summed E-state index contributed by atoms with van der Waals surface area (Å²) in [6.45, 7) is 5.91. The molecule has 0 aliphatic carbocycles. The minimum Gasteiger partial charge on any atom is -0.496 e. The Morgan fingerprint density at radius 3 is 2.50 bits per heavy atom. The van der Waals surface area contributed by atoms with Crippen molar-refractivity contribution in [3.63, 3.8) is 0 Å². The van der Waals surface area contributed by atoms with Gasteiger partial charge in [-0.15, -0.1) is 0 Å². The van der Waals surface area contributed by atoms with Gasteiger partial charge in [-0.2, -0.15) is 5.10 Å². The van der Waals surface area contributed by atoms with Crippen LogP contribution in [0.15, 0.2) is 54.6 Å². The van der Waals surface area contributed by atoms with E-state index in [-0.39, 0.29) is 37.0 Å². The lowest BCUT2D eigenvalue weighted by Gasteiger charge is -2.43. The van der Waals surface area contributed by atoms with Gasteiger partial charge in [-0.05, 0) is 44.0 Å². The fraction of sp³-hybridized carbons (Fsp3) is 0.333. The van der Waals surface area contributed by atoms with E-state index in [1.54, 1.807) is 21.0 Å². The molecule has 1 N–H and O–H groups in total. The largest absolute Gasteiger partial charge is 0.496 e. The number of nitrogens with one attached hydrogen (secondary N) is 1. The van der Waals surface area contributed by atoms with E-state index >= 15 is 0 Å². The van der Waals surface area contributed by atoms with Gasteiger partial charge in [-0.3, -0.25) is 19.2 Å². The highest BCUT2D eigenvalue weighted by Crippen LogP contribution is 2.33. The molecule has 188 valence electrons. The molecule has 0 radical (unpaired) electrons. The highest BCUT2D eigenvalue weighted by atomic mass is 16.5. The fourth-order valence-electron chi connectivity index (χ4n) is 4.39. The van der Waals surface area contributed by atoms with Gasteiger partial charge >= 0.3 is 5.97 Å². The van der Waals surface area contributed by atoms with Crippen LogP contribution in [0, 0.1) is 0 Å². The van der Waals surface area contributed by atoms with Gasteiger partial charge in [-0.25, -0.2) is 4.79 Å². The average molecular weight is 491 g/mol. The molecule has 1 aliphatic heterocycles. The number of esters is 1. The number of nitrogens with zero attached hydrogens (tertiary/aromatic N) is 3. The van der Waals surface area contributed by atoms with Gasteiger partial charge in [0.1, 0.15) is 17.0 Å². The van der Waals surface area contributed by atoms with E-state index < -0.39 is 17.4 Å². The van der Waals surface area contributed by atoms with Crippen LogP contribution in [0.2, 0.25) is 0 Å². The van der Waals surface area contributed by atoms with Gasteiger partial charge in [0.15, 0.2) is 5.69 Å². The normalized spacial score (nSPS) is 16.9. The average Bonchev–Trinajstić information content (AvgIpc) is 3.32. The van der Waals surface area contributed by atoms with Gasteiger partial charge in [0.2, 0.25) is 5.91 Å². The zero-order chi connectivity index (χ0) is 25.9. The molecule has 1 atom stereocenters. The van der Waals surface area contributed by atoms with Crippen LogP contribution in [0.5, 0.6) is 5.75 Å². The molecule has 0 saturated carbocycles. The number of hydrogen-bond donors (Lipinski definition) is 1. The molecule has 3 aromatic rings. The first-order chi connectivity index (χ1) is 17.3. The Labute approximate surface area is 210 Å². The van der Waals surface area contributed by atoms with Gasteiger partial charge < -0.3 is 14.8 Å². The molecule has 2 heterocycles. The summed E-state index contributed by atoms with van der Waals surface area (Å²) in [5.74, 6) is -0.750. The van der Waals surface area contributed by atoms with Crippen molar-refractivity contribution >= 4 is 23.5 Å². The summed E-state index contributed by atoms with van der Waals surface area (Å²) in [7, 11) is 1.57. The summed E-state index contributed by atoms with van der Waals surface area (Å²) in [6, 6.07) is 16.4. The van der Waals surface area contributed by atoms with Crippen LogP contribution in [0.25, 0.3) is 0 Å². The third-order valence-electron chi connectivity index (χ3n) is 6.36. The highest BCUT2D eigenvalue weighted by molar-refractivity contribution is 6.12. The van der Waals surface area contributed by atoms with Gasteiger partial charge in [0.05, 0.1) is 20.3 Å². The van der Waals surface area contributed by atoms with Crippen LogP contribution in [0.3, 0.4) is 0 Å². The molecule has 2 aromatic carbocycles. The van der Waals surface area contributed by atoms with Crippen LogP contribution in [0.4, 0.5) is 5.69 Å². The Hall–Kier alpha value is -4.14. The molecule has 4 rings (SSSR count). The van der Waals surface area contributed by atoms with Crippen molar-refractivity contribution in [3.05, 3.63) is 77.1 Å². The number of aryl methyl sites for hydroxylation is 1. The predicted molar refractivity (Wildman–Crippen MR) is 134 cm³/mol. The van der Waals surface area contributed by atoms with E-state index in [0.29, 0.717) is 11.4 Å². The number of benzene rings is 2. The second-order valence-corrected chi connectivity index (χ2v) is 8.72. The van der Waals surface area contributed by atoms with Crippen molar-refractivity contribution < 1.29 is 23.9 Å². The minimum atomic E-state index is -1.32. The van der Waals surface area contributed by atoms with Crippen LogP contribution < -0.4 is 15.0 Å². The van der Waals surface area contributed by atoms with E-state index in [0.717, 1.165) is 17.5 Å². The molecule has 36 heavy (non-hydrogen) atoms. The molecule has 9 heteroatoms. The molecule has 0 saturated heterocycles. The quantitative estimate of drug-likeness (QED) is 0.486. The third kappa shape index (κ3) is 4.56. The van der Waals surface area contributed by atoms with Crippen LogP contribution in [-0.2, 0) is 29.0 Å². The molecule has 0 unspecified atom stereocenters. The molecular formula is C27H30N4O5. The number of para-hydroxylation sites is 1. The SMILES string of the molecule is CCOC(=O)c1cc2n(n1)C[C@](C)(C(=O)NCc1ccccc1OC)N(c1ccc(CC)cc1)C2=O. The Balaban J connectivity index is 1.72. The summed E-state index contributed by atoms with van der Waals surface area (Å²) >= 11 is 0. The lowest BCUT2D eigenvalue weighted by Crippen LogP contribution is -2.64. The molecular weight excluding hydrogens is 460 g/mol. The van der Waals surface area contributed by atoms with Gasteiger partial charge in [0, 0.05) is 23.9 Å². The van der Waals surface area contributed by atoms with Crippen molar-refractivity contribution in [2.24, 2.45) is 0 Å². The Morgan fingerprint density at radius 1 is 1.11 bits per heavy atom. The predicted octanol–water partition coefficient (Wildman–Crippen LogP) is 3.37. The molecule has 0 fully saturated rings. The first-order valence-corrected chi connectivity index (χ1v) is 11.9. The van der Waals surface area contributed by atoms with Crippen LogP contribution in [0.1, 0.15) is 52.9 Å². The third-order valence-corrected chi connectivity index (χ3v) is 6.36. The molecule has 1 aromatic heterocycles. The zero-order valence-electron chi connectivity index (χ0n) is 20.9. The summed E-state index contributed by atoms with van der Waals surface area (Å²) < 4.78 is 11.9. The maximum absolute atomic E-state index is 13.8. The van der Waals surface area contributed by atoms with E-state index in [9.17, 15) is 14.4 Å². The number of hydrogen-bond acceptors (Lipinski definition) is 6. The molecule has 1 aliphatic rings. The number of rotatable bonds is 8. The summed E-state index contributed by atoms with van der Waals surface area (Å²) in [6.07, 6.45) is 0.848. The van der Waals surface area contributed by atoms with Crippen molar-refractivity contribution in [3.8, 4) is 5.75 Å². The standard InChI is InChI=1S/C27H30N4O5/c1-5-18-11-13-20(14-12-18)31-24(32)22-15-21(25(33)36-6-2)29-30(22)17-27(31,3)26(34)28-16-19-9-7-8-10-23(19)35-4/h7-15H,5-6,16-17H2,1-4H3,(H,28,34)/t27-/m1/s1. The Bertz CT molecular complexity index is 1280. The smallest absolute Gasteiger partial charge is 0.358 e. The number of amides is 2. The van der Waals surface area contributed by atoms with E-state index in [1.165, 1.54) is 15.6 Å². The number of ether oxygens (including phenoxy) is 2. The van der Waals surface area contributed by atoms with Crippen LogP contribution in [-0.4, -0.2) is 46.8 Å². The lowest BCUT2D eigenvalue weighted by molar-refractivity contribution is -0.126. The van der Waals surface area contributed by atoms with Gasteiger partial charge in [0.25, 0.3) is 5.91 Å². The summed E-state index contributed by atoms with van der Waals surface area (Å²) in [4.78, 5) is 41.3. The van der Waals surface area contributed by atoms with E-state index in [1.807, 2.05) is 55.5 Å². The van der Waals surface area contributed by atoms with Crippen molar-refractivity contribution in [2.75, 3.05) is 18.6 Å². The minimum absolute atomic E-state index is 0.0279. The molecule has 2 amide bonds. The zero-order valence-corrected chi connectivity index (χ0v) is 20.9. The number of aromatic nitrogens is 2. The fourth-order valence-corrected chi connectivity index (χ4v) is 4.39. The van der Waals surface area contributed by atoms with Gasteiger partial charge in [-0.1, -0.05) is 37.3 Å². The number of anilines is 1. The Kier molecular flexibility index (Phi) is 7.10. The molecule has 0 bridgehead atoms. The molecule has 9 nitrogen and oxygen atoms in total. The van der Waals surface area contributed by atoms with E-state index in [4.69, 9.17) is 9.47 Å². The second kappa shape index (κ2) is 10.2. The van der Waals surface area contributed by atoms with Crippen molar-refractivity contribution in [2.45, 2.75) is 45.8 Å². The maximum Gasteiger partial charge on any atom is 0.358 e. The maximum atomic E-state index is 13.8. The number of carbonyl (C=O) groups excluding carboxylic acids is 3. The summed E-state index contributed by atoms with van der Waals surface area (Å²) in [5, 5.41) is 7.26. The van der Waals surface area contributed by atoms with Crippen molar-refractivity contribution in [1.82, 2.24) is 15.1 Å². The monoisotopic (exact) mass is 490 g/mol. The number of fused-ring (bicyclic) bond motifs is 1.